The van der Waals surface area contributed by atoms with Crippen LogP contribution in [0.15, 0.2) is 18.5 Å². The van der Waals surface area contributed by atoms with Crippen LogP contribution in [0.4, 0.5) is 0 Å². The fourth-order valence-electron chi connectivity index (χ4n) is 2.51. The topological polar surface area (TPSA) is 48.1 Å². The Kier molecular flexibility index (Phi) is 3.21. The summed E-state index contributed by atoms with van der Waals surface area (Å²) in [7, 11) is 1.68. The van der Waals surface area contributed by atoms with Gasteiger partial charge in [-0.1, -0.05) is 6.42 Å². The Labute approximate surface area is 90.7 Å². The highest BCUT2D eigenvalue weighted by atomic mass is 16.5. The van der Waals surface area contributed by atoms with Crippen LogP contribution in [0, 0.1) is 5.92 Å². The molecule has 1 heterocycles. The molecule has 0 saturated heterocycles. The summed E-state index contributed by atoms with van der Waals surface area (Å²) in [6.07, 6.45) is 7.45. The van der Waals surface area contributed by atoms with Crippen molar-refractivity contribution in [1.82, 2.24) is 4.98 Å². The lowest BCUT2D eigenvalue weighted by Crippen LogP contribution is -2.17. The molecule has 3 heteroatoms. The molecule has 2 N–H and O–H groups in total. The number of methoxy groups -OCH3 is 1. The monoisotopic (exact) mass is 206 g/mol. The Morgan fingerprint density at radius 1 is 1.47 bits per heavy atom. The Morgan fingerprint density at radius 3 is 3.07 bits per heavy atom. The lowest BCUT2D eigenvalue weighted by Gasteiger charge is -2.18. The van der Waals surface area contributed by atoms with Gasteiger partial charge in [0.2, 0.25) is 0 Å². The lowest BCUT2D eigenvalue weighted by molar-refractivity contribution is 0.410. The molecule has 15 heavy (non-hydrogen) atoms. The van der Waals surface area contributed by atoms with Crippen molar-refractivity contribution in [2.75, 3.05) is 13.7 Å². The summed E-state index contributed by atoms with van der Waals surface area (Å²) in [5, 5.41) is 0. The van der Waals surface area contributed by atoms with Crippen molar-refractivity contribution in [3.8, 4) is 5.75 Å². The zero-order chi connectivity index (χ0) is 10.7. The highest BCUT2D eigenvalue weighted by Gasteiger charge is 2.27. The molecular formula is C12H18N2O. The zero-order valence-corrected chi connectivity index (χ0v) is 9.15. The third-order valence-corrected chi connectivity index (χ3v) is 3.36. The molecule has 0 aliphatic heterocycles. The van der Waals surface area contributed by atoms with Gasteiger partial charge in [-0.15, -0.1) is 0 Å². The first kappa shape index (κ1) is 10.4. The van der Waals surface area contributed by atoms with Crippen LogP contribution in [0.1, 0.15) is 30.7 Å². The molecule has 0 aromatic carbocycles. The third kappa shape index (κ3) is 2.12. The first-order valence-electron chi connectivity index (χ1n) is 5.54. The summed E-state index contributed by atoms with van der Waals surface area (Å²) < 4.78 is 5.19. The van der Waals surface area contributed by atoms with Gasteiger partial charge in [-0.25, -0.2) is 0 Å². The number of pyridine rings is 1. The van der Waals surface area contributed by atoms with Gasteiger partial charge in [0.25, 0.3) is 0 Å². The molecule has 1 aliphatic carbocycles. The van der Waals surface area contributed by atoms with Crippen LogP contribution in [0.25, 0.3) is 0 Å². The van der Waals surface area contributed by atoms with E-state index in [1.165, 1.54) is 24.8 Å². The van der Waals surface area contributed by atoms with E-state index in [4.69, 9.17) is 10.5 Å². The van der Waals surface area contributed by atoms with Crippen molar-refractivity contribution >= 4 is 0 Å². The van der Waals surface area contributed by atoms with E-state index in [0.717, 1.165) is 12.3 Å². The number of hydrogen-bond acceptors (Lipinski definition) is 3. The van der Waals surface area contributed by atoms with Crippen LogP contribution in [0.5, 0.6) is 5.75 Å². The second-order valence-electron chi connectivity index (χ2n) is 4.19. The second kappa shape index (κ2) is 4.62. The minimum Gasteiger partial charge on any atom is -0.495 e. The van der Waals surface area contributed by atoms with E-state index in [0.29, 0.717) is 11.8 Å². The van der Waals surface area contributed by atoms with Crippen LogP contribution in [-0.2, 0) is 0 Å². The summed E-state index contributed by atoms with van der Waals surface area (Å²) in [5.74, 6) is 2.05. The quantitative estimate of drug-likeness (QED) is 0.822. The highest BCUT2D eigenvalue weighted by Crippen LogP contribution is 2.39. The minimum atomic E-state index is 0.581. The van der Waals surface area contributed by atoms with Crippen LogP contribution < -0.4 is 10.5 Å². The fraction of sp³-hybridized carbons (Fsp3) is 0.583. The molecule has 0 radical (unpaired) electrons. The molecule has 2 atom stereocenters. The number of ether oxygens (including phenoxy) is 1. The Hall–Kier alpha value is -1.09. The molecule has 1 saturated carbocycles. The van der Waals surface area contributed by atoms with Gasteiger partial charge in [-0.2, -0.15) is 0 Å². The predicted molar refractivity (Wildman–Crippen MR) is 59.9 cm³/mol. The molecule has 1 aromatic heterocycles. The Bertz CT molecular complexity index is 327. The number of nitrogens with zero attached hydrogens (tertiary/aromatic N) is 1. The number of hydrogen-bond donors (Lipinski definition) is 1. The fourth-order valence-corrected chi connectivity index (χ4v) is 2.51. The predicted octanol–water partition coefficient (Wildman–Crippen LogP) is 1.93. The maximum Gasteiger partial charge on any atom is 0.137 e. The third-order valence-electron chi connectivity index (χ3n) is 3.36. The van der Waals surface area contributed by atoms with Crippen molar-refractivity contribution < 1.29 is 4.74 Å². The summed E-state index contributed by atoms with van der Waals surface area (Å²) >= 11 is 0. The Morgan fingerprint density at radius 2 is 2.33 bits per heavy atom. The van der Waals surface area contributed by atoms with Crippen LogP contribution in [0.2, 0.25) is 0 Å². The number of aromatic nitrogens is 1. The summed E-state index contributed by atoms with van der Waals surface area (Å²) in [4.78, 5) is 4.20. The average Bonchev–Trinajstić information content (AvgIpc) is 2.77. The molecule has 1 fully saturated rings. The standard InChI is InChI=1S/C12H18N2O/c1-15-11-5-10(7-14-8-11)12-4-2-3-9(12)6-13/h5,7-9,12H,2-4,6,13H2,1H3. The van der Waals surface area contributed by atoms with Gasteiger partial charge in [0.1, 0.15) is 5.75 Å². The van der Waals surface area contributed by atoms with E-state index < -0.39 is 0 Å². The van der Waals surface area contributed by atoms with Gasteiger partial charge < -0.3 is 10.5 Å². The SMILES string of the molecule is COc1cncc(C2CCCC2CN)c1. The molecule has 1 aromatic rings. The molecule has 2 unspecified atom stereocenters. The summed E-state index contributed by atoms with van der Waals surface area (Å²) in [5.41, 5.74) is 7.06. The van der Waals surface area contributed by atoms with Crippen molar-refractivity contribution in [1.29, 1.82) is 0 Å². The largest absolute Gasteiger partial charge is 0.495 e. The maximum atomic E-state index is 5.78. The molecule has 82 valence electrons. The van der Waals surface area contributed by atoms with Gasteiger partial charge in [0, 0.05) is 6.20 Å². The van der Waals surface area contributed by atoms with Gasteiger partial charge in [-0.05, 0) is 42.9 Å². The van der Waals surface area contributed by atoms with Crippen molar-refractivity contribution in [3.05, 3.63) is 24.0 Å². The molecule has 0 spiro atoms. The normalized spacial score (nSPS) is 25.5. The van der Waals surface area contributed by atoms with Gasteiger partial charge in [0.05, 0.1) is 13.3 Å². The average molecular weight is 206 g/mol. The van der Waals surface area contributed by atoms with Crippen LogP contribution in [-0.4, -0.2) is 18.6 Å². The molecule has 0 amide bonds. The molecule has 3 nitrogen and oxygen atoms in total. The lowest BCUT2D eigenvalue weighted by atomic mass is 9.90. The maximum absolute atomic E-state index is 5.78. The zero-order valence-electron chi connectivity index (χ0n) is 9.15. The minimum absolute atomic E-state index is 0.581. The molecule has 0 bridgehead atoms. The first-order chi connectivity index (χ1) is 7.35. The Balaban J connectivity index is 2.20. The van der Waals surface area contributed by atoms with E-state index in [9.17, 15) is 0 Å². The van der Waals surface area contributed by atoms with E-state index in [1.807, 2.05) is 6.20 Å². The van der Waals surface area contributed by atoms with Crippen LogP contribution >= 0.6 is 0 Å². The molecule has 2 rings (SSSR count). The van der Waals surface area contributed by atoms with E-state index >= 15 is 0 Å². The van der Waals surface area contributed by atoms with E-state index in [1.54, 1.807) is 13.3 Å². The highest BCUT2D eigenvalue weighted by molar-refractivity contribution is 5.27. The molecular weight excluding hydrogens is 188 g/mol. The van der Waals surface area contributed by atoms with Crippen molar-refractivity contribution in [3.63, 3.8) is 0 Å². The smallest absolute Gasteiger partial charge is 0.137 e. The van der Waals surface area contributed by atoms with Gasteiger partial charge >= 0.3 is 0 Å². The van der Waals surface area contributed by atoms with Gasteiger partial charge in [-0.3, -0.25) is 4.98 Å². The van der Waals surface area contributed by atoms with E-state index in [2.05, 4.69) is 11.1 Å². The second-order valence-corrected chi connectivity index (χ2v) is 4.19. The number of rotatable bonds is 3. The summed E-state index contributed by atoms with van der Waals surface area (Å²) in [6, 6.07) is 2.09. The van der Waals surface area contributed by atoms with Gasteiger partial charge in [0.15, 0.2) is 0 Å². The first-order valence-corrected chi connectivity index (χ1v) is 5.54. The summed E-state index contributed by atoms with van der Waals surface area (Å²) in [6.45, 7) is 0.780. The molecule has 1 aliphatic rings. The van der Waals surface area contributed by atoms with Crippen molar-refractivity contribution in [2.24, 2.45) is 11.7 Å². The van der Waals surface area contributed by atoms with Crippen LogP contribution in [0.3, 0.4) is 0 Å². The number of nitrogens with two attached hydrogens (primary N) is 1. The van der Waals surface area contributed by atoms with E-state index in [-0.39, 0.29) is 0 Å². The van der Waals surface area contributed by atoms with Crippen molar-refractivity contribution in [2.45, 2.75) is 25.2 Å².